The van der Waals surface area contributed by atoms with Crippen molar-refractivity contribution in [1.82, 2.24) is 19.7 Å². The largest absolute Gasteiger partial charge is 0.497 e. The molecule has 37 heavy (non-hydrogen) atoms. The van der Waals surface area contributed by atoms with Crippen LogP contribution in [-0.4, -0.2) is 39.9 Å². The van der Waals surface area contributed by atoms with Crippen molar-refractivity contribution in [2.24, 2.45) is 5.92 Å². The van der Waals surface area contributed by atoms with E-state index in [2.05, 4.69) is 57.4 Å². The molecule has 0 unspecified atom stereocenters. The summed E-state index contributed by atoms with van der Waals surface area (Å²) >= 11 is 0. The molecule has 1 saturated carbocycles. The molecule has 7 nitrogen and oxygen atoms in total. The van der Waals surface area contributed by atoms with Crippen LogP contribution in [0.5, 0.6) is 5.75 Å². The fraction of sp³-hybridized carbons (Fsp3) is 0.433. The predicted octanol–water partition coefficient (Wildman–Crippen LogP) is 5.83. The molecule has 7 heteroatoms. The monoisotopic (exact) mass is 496 g/mol. The van der Waals surface area contributed by atoms with Gasteiger partial charge in [-0.05, 0) is 42.0 Å². The van der Waals surface area contributed by atoms with Gasteiger partial charge in [-0.25, -0.2) is 4.68 Å². The van der Waals surface area contributed by atoms with Gasteiger partial charge < -0.3 is 15.0 Å². The van der Waals surface area contributed by atoms with Crippen LogP contribution in [0.2, 0.25) is 0 Å². The number of aromatic nitrogens is 4. The molecule has 2 aromatic heterocycles. The highest BCUT2D eigenvalue weighted by Gasteiger charge is 2.27. The van der Waals surface area contributed by atoms with Crippen LogP contribution < -0.4 is 15.0 Å². The highest BCUT2D eigenvalue weighted by molar-refractivity contribution is 5.92. The molecule has 1 N–H and O–H groups in total. The van der Waals surface area contributed by atoms with E-state index in [1.54, 1.807) is 7.11 Å². The molecular weight excluding hydrogens is 460 g/mol. The van der Waals surface area contributed by atoms with Gasteiger partial charge in [0.1, 0.15) is 11.6 Å². The van der Waals surface area contributed by atoms with Crippen LogP contribution in [0.15, 0.2) is 54.6 Å². The number of hydrogen-bond acceptors (Lipinski definition) is 6. The van der Waals surface area contributed by atoms with Crippen LogP contribution in [-0.2, 0) is 19.5 Å². The SMILES string of the molecule is COc1ccc(CN2CCc3nn(Cc4ccccc4)c4nc(NCC5CCCCCC5)nc2c34)cc1. The van der Waals surface area contributed by atoms with Gasteiger partial charge in [0.15, 0.2) is 5.65 Å². The summed E-state index contributed by atoms with van der Waals surface area (Å²) in [6, 6.07) is 18.8. The van der Waals surface area contributed by atoms with E-state index >= 15 is 0 Å². The summed E-state index contributed by atoms with van der Waals surface area (Å²) in [5, 5.41) is 9.75. The maximum atomic E-state index is 5.35. The lowest BCUT2D eigenvalue weighted by atomic mass is 10.0. The normalized spacial score (nSPS) is 16.1. The van der Waals surface area contributed by atoms with Crippen LogP contribution in [0.4, 0.5) is 11.8 Å². The molecule has 192 valence electrons. The second-order valence-corrected chi connectivity index (χ2v) is 10.4. The van der Waals surface area contributed by atoms with E-state index < -0.39 is 0 Å². The number of anilines is 2. The van der Waals surface area contributed by atoms with Gasteiger partial charge in [0.05, 0.1) is 24.7 Å². The van der Waals surface area contributed by atoms with Gasteiger partial charge in [-0.3, -0.25) is 0 Å². The van der Waals surface area contributed by atoms with Gasteiger partial charge in [0, 0.05) is 26.1 Å². The summed E-state index contributed by atoms with van der Waals surface area (Å²) in [5.41, 5.74) is 4.48. The number of nitrogens with one attached hydrogen (secondary N) is 1. The van der Waals surface area contributed by atoms with Gasteiger partial charge >= 0.3 is 0 Å². The van der Waals surface area contributed by atoms with Crippen molar-refractivity contribution in [3.05, 3.63) is 71.4 Å². The Hall–Kier alpha value is -3.61. The zero-order chi connectivity index (χ0) is 25.0. The topological polar surface area (TPSA) is 68.1 Å². The van der Waals surface area contributed by atoms with E-state index in [0.717, 1.165) is 54.3 Å². The Bertz CT molecular complexity index is 1330. The van der Waals surface area contributed by atoms with Crippen molar-refractivity contribution in [1.29, 1.82) is 0 Å². The highest BCUT2D eigenvalue weighted by Crippen LogP contribution is 2.34. The van der Waals surface area contributed by atoms with Gasteiger partial charge in [0.2, 0.25) is 5.95 Å². The molecule has 0 radical (unpaired) electrons. The van der Waals surface area contributed by atoms with E-state index in [4.69, 9.17) is 19.8 Å². The summed E-state index contributed by atoms with van der Waals surface area (Å²) in [6.07, 6.45) is 8.87. The first-order valence-electron chi connectivity index (χ1n) is 13.7. The number of rotatable bonds is 8. The van der Waals surface area contributed by atoms with Crippen molar-refractivity contribution in [3.63, 3.8) is 0 Å². The minimum Gasteiger partial charge on any atom is -0.497 e. The van der Waals surface area contributed by atoms with E-state index in [-0.39, 0.29) is 0 Å². The second kappa shape index (κ2) is 10.8. The number of hydrogen-bond donors (Lipinski definition) is 1. The van der Waals surface area contributed by atoms with Crippen molar-refractivity contribution in [3.8, 4) is 5.75 Å². The average Bonchev–Trinajstić information content (AvgIpc) is 3.10. The van der Waals surface area contributed by atoms with Crippen LogP contribution in [0, 0.1) is 5.92 Å². The van der Waals surface area contributed by atoms with E-state index in [1.165, 1.54) is 49.7 Å². The molecule has 0 spiro atoms. The zero-order valence-electron chi connectivity index (χ0n) is 21.7. The van der Waals surface area contributed by atoms with Gasteiger partial charge in [-0.1, -0.05) is 68.1 Å². The number of benzene rings is 2. The third-order valence-corrected chi connectivity index (χ3v) is 7.79. The fourth-order valence-corrected chi connectivity index (χ4v) is 5.73. The van der Waals surface area contributed by atoms with Gasteiger partial charge in [-0.15, -0.1) is 0 Å². The first kappa shape index (κ1) is 23.8. The summed E-state index contributed by atoms with van der Waals surface area (Å²) in [7, 11) is 1.70. The van der Waals surface area contributed by atoms with Crippen molar-refractivity contribution in [2.75, 3.05) is 30.4 Å². The lowest BCUT2D eigenvalue weighted by Gasteiger charge is -2.28. The Morgan fingerprint density at radius 3 is 2.41 bits per heavy atom. The highest BCUT2D eigenvalue weighted by atomic mass is 16.5. The molecule has 0 saturated heterocycles. The summed E-state index contributed by atoms with van der Waals surface area (Å²) in [4.78, 5) is 12.5. The molecule has 2 aliphatic rings. The Kier molecular flexibility index (Phi) is 6.93. The molecule has 0 amide bonds. The van der Waals surface area contributed by atoms with Crippen molar-refractivity contribution >= 4 is 22.8 Å². The van der Waals surface area contributed by atoms with Gasteiger partial charge in [-0.2, -0.15) is 15.1 Å². The Morgan fingerprint density at radius 2 is 1.65 bits per heavy atom. The Balaban J connectivity index is 1.34. The second-order valence-electron chi connectivity index (χ2n) is 10.4. The van der Waals surface area contributed by atoms with Crippen molar-refractivity contribution in [2.45, 2.75) is 58.0 Å². The maximum absolute atomic E-state index is 5.35. The summed E-state index contributed by atoms with van der Waals surface area (Å²) < 4.78 is 7.42. The first-order valence-corrected chi connectivity index (χ1v) is 13.7. The standard InChI is InChI=1S/C30H36N6O/c1-37-25-15-13-24(14-16-25)20-35-18-17-26-27-28(35)32-30(31-19-22-9-5-2-3-6-10-22)33-29(27)36(34-26)21-23-11-7-4-8-12-23/h4,7-8,11-16,22H,2-3,5-6,9-10,17-21H2,1H3,(H,31,32,33). The molecule has 3 heterocycles. The maximum Gasteiger partial charge on any atom is 0.226 e. The third kappa shape index (κ3) is 5.26. The van der Waals surface area contributed by atoms with Crippen LogP contribution >= 0.6 is 0 Å². The molecular formula is C30H36N6O. The van der Waals surface area contributed by atoms with E-state index in [9.17, 15) is 0 Å². The molecule has 4 aromatic rings. The minimum atomic E-state index is 0.693. The third-order valence-electron chi connectivity index (χ3n) is 7.79. The molecule has 1 aliphatic heterocycles. The number of ether oxygens (including phenoxy) is 1. The van der Waals surface area contributed by atoms with Crippen LogP contribution in [0.3, 0.4) is 0 Å². The lowest BCUT2D eigenvalue weighted by molar-refractivity contribution is 0.414. The molecule has 1 fully saturated rings. The van der Waals surface area contributed by atoms with Gasteiger partial charge in [0.25, 0.3) is 0 Å². The first-order chi connectivity index (χ1) is 18.3. The molecule has 6 rings (SSSR count). The molecule has 1 aliphatic carbocycles. The summed E-state index contributed by atoms with van der Waals surface area (Å²) in [5.74, 6) is 3.28. The Morgan fingerprint density at radius 1 is 0.892 bits per heavy atom. The predicted molar refractivity (Wildman–Crippen MR) is 148 cm³/mol. The van der Waals surface area contributed by atoms with Crippen molar-refractivity contribution < 1.29 is 4.74 Å². The lowest BCUT2D eigenvalue weighted by Crippen LogP contribution is -2.30. The minimum absolute atomic E-state index is 0.693. The molecule has 0 atom stereocenters. The molecule has 0 bridgehead atoms. The van der Waals surface area contributed by atoms with E-state index in [1.807, 2.05) is 12.1 Å². The Labute approximate surface area is 218 Å². The number of methoxy groups -OCH3 is 1. The van der Waals surface area contributed by atoms with Crippen LogP contribution in [0.25, 0.3) is 11.0 Å². The zero-order valence-corrected chi connectivity index (χ0v) is 21.7. The fourth-order valence-electron chi connectivity index (χ4n) is 5.73. The quantitative estimate of drug-likeness (QED) is 0.310. The van der Waals surface area contributed by atoms with E-state index in [0.29, 0.717) is 18.4 Å². The smallest absolute Gasteiger partial charge is 0.226 e. The molecule has 2 aromatic carbocycles. The summed E-state index contributed by atoms with van der Waals surface area (Å²) in [6.45, 7) is 3.31. The number of nitrogens with zero attached hydrogens (tertiary/aromatic N) is 5. The average molecular weight is 497 g/mol. The van der Waals surface area contributed by atoms with Crippen LogP contribution in [0.1, 0.15) is 55.3 Å².